The Morgan fingerprint density at radius 1 is 1.67 bits per heavy atom. The van der Waals surface area contributed by atoms with Crippen molar-refractivity contribution in [2.24, 2.45) is 0 Å². The van der Waals surface area contributed by atoms with Crippen molar-refractivity contribution in [2.75, 3.05) is 12.3 Å². The van der Waals surface area contributed by atoms with Crippen LogP contribution in [0.5, 0.6) is 0 Å². The van der Waals surface area contributed by atoms with Crippen molar-refractivity contribution in [3.8, 4) is 0 Å². The summed E-state index contributed by atoms with van der Waals surface area (Å²) >= 11 is 0. The third-order valence-electron chi connectivity index (χ3n) is 3.02. The summed E-state index contributed by atoms with van der Waals surface area (Å²) < 4.78 is 6.99. The highest BCUT2D eigenvalue weighted by Gasteiger charge is 2.27. The van der Waals surface area contributed by atoms with Crippen LogP contribution in [0, 0.1) is 0 Å². The molecule has 1 aliphatic heterocycles. The molecule has 2 rings (SSSR count). The van der Waals surface area contributed by atoms with Crippen LogP contribution in [0.1, 0.15) is 24.6 Å². The van der Waals surface area contributed by atoms with Gasteiger partial charge in [0.2, 0.25) is 0 Å². The van der Waals surface area contributed by atoms with E-state index in [-0.39, 0.29) is 24.8 Å². The SMILES string of the molecule is C=CCc1cn([C@H]2CC[C@@H](CO)O2)c(=O)nc1N. The van der Waals surface area contributed by atoms with Gasteiger partial charge >= 0.3 is 5.69 Å². The lowest BCUT2D eigenvalue weighted by atomic mass is 10.2. The molecular weight excluding hydrogens is 234 g/mol. The number of nitrogens with two attached hydrogens (primary N) is 1. The van der Waals surface area contributed by atoms with Gasteiger partial charge in [0.05, 0.1) is 12.7 Å². The number of ether oxygens (including phenoxy) is 1. The number of aliphatic hydroxyl groups is 1. The van der Waals surface area contributed by atoms with E-state index in [4.69, 9.17) is 15.6 Å². The Morgan fingerprint density at radius 2 is 2.44 bits per heavy atom. The van der Waals surface area contributed by atoms with Gasteiger partial charge in [-0.25, -0.2) is 4.79 Å². The molecule has 2 atom stereocenters. The molecule has 0 aliphatic carbocycles. The molecule has 0 bridgehead atoms. The van der Waals surface area contributed by atoms with Gasteiger partial charge < -0.3 is 15.6 Å². The van der Waals surface area contributed by atoms with Crippen molar-refractivity contribution in [3.63, 3.8) is 0 Å². The normalized spacial score (nSPS) is 23.2. The van der Waals surface area contributed by atoms with Gasteiger partial charge in [-0.15, -0.1) is 6.58 Å². The van der Waals surface area contributed by atoms with Gasteiger partial charge in [-0.1, -0.05) is 6.08 Å². The van der Waals surface area contributed by atoms with Gasteiger partial charge in [-0.3, -0.25) is 4.57 Å². The Labute approximate surface area is 105 Å². The number of hydrogen-bond acceptors (Lipinski definition) is 5. The lowest BCUT2D eigenvalue weighted by Gasteiger charge is -2.16. The zero-order valence-corrected chi connectivity index (χ0v) is 10.1. The van der Waals surface area contributed by atoms with Gasteiger partial charge in [0.15, 0.2) is 0 Å². The lowest BCUT2D eigenvalue weighted by molar-refractivity contribution is -0.0246. The van der Waals surface area contributed by atoms with Crippen molar-refractivity contribution in [2.45, 2.75) is 31.6 Å². The zero-order valence-electron chi connectivity index (χ0n) is 10.1. The number of aliphatic hydroxyl groups excluding tert-OH is 1. The van der Waals surface area contributed by atoms with Crippen LogP contribution in [0.25, 0.3) is 0 Å². The second-order valence-corrected chi connectivity index (χ2v) is 4.31. The topological polar surface area (TPSA) is 90.4 Å². The molecular formula is C12H17N3O3. The summed E-state index contributed by atoms with van der Waals surface area (Å²) in [6, 6.07) is 0. The van der Waals surface area contributed by atoms with Crippen LogP contribution >= 0.6 is 0 Å². The van der Waals surface area contributed by atoms with Crippen molar-refractivity contribution >= 4 is 5.82 Å². The summed E-state index contributed by atoms with van der Waals surface area (Å²) in [5.74, 6) is 0.229. The largest absolute Gasteiger partial charge is 0.394 e. The van der Waals surface area contributed by atoms with E-state index in [0.717, 1.165) is 12.0 Å². The predicted molar refractivity (Wildman–Crippen MR) is 67.0 cm³/mol. The average Bonchev–Trinajstić information content (AvgIpc) is 2.81. The first kappa shape index (κ1) is 12.8. The molecule has 0 spiro atoms. The van der Waals surface area contributed by atoms with E-state index in [9.17, 15) is 4.79 Å². The fraction of sp³-hybridized carbons (Fsp3) is 0.500. The summed E-state index contributed by atoms with van der Waals surface area (Å²) in [5.41, 5.74) is 6.00. The Hall–Kier alpha value is -1.66. The van der Waals surface area contributed by atoms with E-state index in [1.807, 2.05) is 0 Å². The van der Waals surface area contributed by atoms with E-state index >= 15 is 0 Å². The van der Waals surface area contributed by atoms with Crippen molar-refractivity contribution in [1.82, 2.24) is 9.55 Å². The van der Waals surface area contributed by atoms with Gasteiger partial charge in [0.1, 0.15) is 12.0 Å². The third-order valence-corrected chi connectivity index (χ3v) is 3.02. The molecule has 6 heteroatoms. The minimum atomic E-state index is -0.427. The molecule has 1 aromatic heterocycles. The number of anilines is 1. The third kappa shape index (κ3) is 2.44. The second-order valence-electron chi connectivity index (χ2n) is 4.31. The van der Waals surface area contributed by atoms with Crippen LogP contribution in [0.4, 0.5) is 5.82 Å². The average molecular weight is 251 g/mol. The maximum atomic E-state index is 11.8. The molecule has 0 unspecified atom stereocenters. The fourth-order valence-electron chi connectivity index (χ4n) is 2.07. The first-order valence-electron chi connectivity index (χ1n) is 5.90. The summed E-state index contributed by atoms with van der Waals surface area (Å²) in [7, 11) is 0. The molecule has 0 radical (unpaired) electrons. The molecule has 18 heavy (non-hydrogen) atoms. The Kier molecular flexibility index (Phi) is 3.78. The van der Waals surface area contributed by atoms with Crippen LogP contribution < -0.4 is 11.4 Å². The van der Waals surface area contributed by atoms with E-state index in [1.54, 1.807) is 12.3 Å². The molecule has 1 fully saturated rings. The summed E-state index contributed by atoms with van der Waals surface area (Å²) in [5, 5.41) is 9.02. The van der Waals surface area contributed by atoms with Crippen molar-refractivity contribution < 1.29 is 9.84 Å². The minimum Gasteiger partial charge on any atom is -0.394 e. The maximum absolute atomic E-state index is 11.8. The van der Waals surface area contributed by atoms with E-state index in [0.29, 0.717) is 12.8 Å². The van der Waals surface area contributed by atoms with Gasteiger partial charge in [0, 0.05) is 11.8 Å². The number of rotatable bonds is 4. The number of nitrogens with zero attached hydrogens (tertiary/aromatic N) is 2. The van der Waals surface area contributed by atoms with Crippen molar-refractivity contribution in [1.29, 1.82) is 0 Å². The standard InChI is InChI=1S/C12H17N3O3/c1-2-3-8-6-15(12(17)14-11(8)13)10-5-4-9(7-16)18-10/h2,6,9-10,16H,1,3-5,7H2,(H2,13,14,17)/t9-,10+/m0/s1. The molecule has 98 valence electrons. The van der Waals surface area contributed by atoms with Crippen LogP contribution in [0.3, 0.4) is 0 Å². The van der Waals surface area contributed by atoms with E-state index in [2.05, 4.69) is 11.6 Å². The molecule has 1 saturated heterocycles. The molecule has 0 amide bonds. The van der Waals surface area contributed by atoms with Crippen LogP contribution in [0.15, 0.2) is 23.6 Å². The van der Waals surface area contributed by atoms with E-state index < -0.39 is 5.69 Å². The van der Waals surface area contributed by atoms with Crippen LogP contribution in [0.2, 0.25) is 0 Å². The molecule has 1 aliphatic rings. The monoisotopic (exact) mass is 251 g/mol. The second kappa shape index (κ2) is 5.32. The first-order chi connectivity index (χ1) is 8.65. The maximum Gasteiger partial charge on any atom is 0.351 e. The highest BCUT2D eigenvalue weighted by atomic mass is 16.5. The molecule has 3 N–H and O–H groups in total. The quantitative estimate of drug-likeness (QED) is 0.747. The Bertz CT molecular complexity index is 498. The number of nitrogen functional groups attached to an aromatic ring is 1. The fourth-order valence-corrected chi connectivity index (χ4v) is 2.07. The van der Waals surface area contributed by atoms with Gasteiger partial charge in [0.25, 0.3) is 0 Å². The number of aromatic nitrogens is 2. The minimum absolute atomic E-state index is 0.0346. The highest BCUT2D eigenvalue weighted by molar-refractivity contribution is 5.38. The molecule has 0 aromatic carbocycles. The predicted octanol–water partition coefficient (Wildman–Crippen LogP) is 0.224. The van der Waals surface area contributed by atoms with Gasteiger partial charge in [-0.2, -0.15) is 4.98 Å². The lowest BCUT2D eigenvalue weighted by Crippen LogP contribution is -2.29. The van der Waals surface area contributed by atoms with E-state index in [1.165, 1.54) is 4.57 Å². The Morgan fingerprint density at radius 3 is 3.06 bits per heavy atom. The zero-order chi connectivity index (χ0) is 13.1. The molecule has 0 saturated carbocycles. The number of allylic oxidation sites excluding steroid dienone is 1. The van der Waals surface area contributed by atoms with Crippen LogP contribution in [-0.2, 0) is 11.2 Å². The van der Waals surface area contributed by atoms with Crippen molar-refractivity contribution in [3.05, 3.63) is 34.9 Å². The summed E-state index contributed by atoms with van der Waals surface area (Å²) in [6.45, 7) is 3.60. The first-order valence-corrected chi connectivity index (χ1v) is 5.90. The molecule has 1 aromatic rings. The molecule has 2 heterocycles. The molecule has 6 nitrogen and oxygen atoms in total. The summed E-state index contributed by atoms with van der Waals surface area (Å²) in [6.07, 6.45) is 4.76. The smallest absolute Gasteiger partial charge is 0.351 e. The van der Waals surface area contributed by atoms with Crippen LogP contribution in [-0.4, -0.2) is 27.4 Å². The number of hydrogen-bond donors (Lipinski definition) is 2. The highest BCUT2D eigenvalue weighted by Crippen LogP contribution is 2.27. The van der Waals surface area contributed by atoms with Gasteiger partial charge in [-0.05, 0) is 19.3 Å². The Balaban J connectivity index is 2.30. The summed E-state index contributed by atoms with van der Waals surface area (Å²) in [4.78, 5) is 15.6.